The van der Waals surface area contributed by atoms with E-state index in [2.05, 4.69) is 5.32 Å². The first-order chi connectivity index (χ1) is 11.1. The molecule has 7 nitrogen and oxygen atoms in total. The van der Waals surface area contributed by atoms with Crippen LogP contribution in [0.4, 0.5) is 0 Å². The summed E-state index contributed by atoms with van der Waals surface area (Å²) in [6.07, 6.45) is 0.177. The maximum atomic E-state index is 12.0. The Morgan fingerprint density at radius 2 is 1.87 bits per heavy atom. The monoisotopic (exact) mass is 322 g/mol. The van der Waals surface area contributed by atoms with Crippen molar-refractivity contribution in [1.82, 2.24) is 10.2 Å². The van der Waals surface area contributed by atoms with Gasteiger partial charge in [-0.15, -0.1) is 0 Å². The quantitative estimate of drug-likeness (QED) is 0.811. The van der Waals surface area contributed by atoms with Gasteiger partial charge in [0.25, 0.3) is 0 Å². The van der Waals surface area contributed by atoms with E-state index in [-0.39, 0.29) is 24.8 Å². The molecule has 0 bridgehead atoms. The molecule has 7 heteroatoms. The fourth-order valence-corrected chi connectivity index (χ4v) is 2.34. The zero-order chi connectivity index (χ0) is 16.7. The van der Waals surface area contributed by atoms with Crippen LogP contribution in [0.3, 0.4) is 0 Å². The number of amides is 2. The van der Waals surface area contributed by atoms with Crippen molar-refractivity contribution < 1.29 is 23.8 Å². The van der Waals surface area contributed by atoms with Crippen LogP contribution in [0.25, 0.3) is 0 Å². The Hall–Kier alpha value is -2.28. The van der Waals surface area contributed by atoms with E-state index in [0.717, 1.165) is 5.56 Å². The van der Waals surface area contributed by atoms with Crippen LogP contribution in [0.2, 0.25) is 0 Å². The second-order valence-electron chi connectivity index (χ2n) is 5.14. The average molecular weight is 322 g/mol. The first-order valence-corrected chi connectivity index (χ1v) is 7.47. The van der Waals surface area contributed by atoms with Crippen molar-refractivity contribution in [2.75, 3.05) is 47.1 Å². The third-order valence-electron chi connectivity index (χ3n) is 3.61. The van der Waals surface area contributed by atoms with Gasteiger partial charge in [0.1, 0.15) is 0 Å². The van der Waals surface area contributed by atoms with Gasteiger partial charge in [-0.2, -0.15) is 0 Å². The molecule has 1 fully saturated rings. The van der Waals surface area contributed by atoms with Crippen LogP contribution in [0.15, 0.2) is 18.2 Å². The summed E-state index contributed by atoms with van der Waals surface area (Å²) >= 11 is 0. The summed E-state index contributed by atoms with van der Waals surface area (Å²) in [4.78, 5) is 25.6. The van der Waals surface area contributed by atoms with Crippen molar-refractivity contribution in [2.24, 2.45) is 0 Å². The normalized spacial score (nSPS) is 14.3. The highest BCUT2D eigenvalue weighted by atomic mass is 16.5. The van der Waals surface area contributed by atoms with E-state index < -0.39 is 0 Å². The molecule has 0 aliphatic carbocycles. The van der Waals surface area contributed by atoms with Crippen molar-refractivity contribution in [3.05, 3.63) is 23.8 Å². The van der Waals surface area contributed by atoms with E-state index >= 15 is 0 Å². The highest BCUT2D eigenvalue weighted by Gasteiger charge is 2.17. The third-order valence-corrected chi connectivity index (χ3v) is 3.61. The minimum absolute atomic E-state index is 0.00607. The van der Waals surface area contributed by atoms with Gasteiger partial charge in [-0.1, -0.05) is 6.07 Å². The predicted molar refractivity (Wildman–Crippen MR) is 83.7 cm³/mol. The van der Waals surface area contributed by atoms with Gasteiger partial charge in [0, 0.05) is 13.1 Å². The predicted octanol–water partition coefficient (Wildman–Crippen LogP) is 0.221. The lowest BCUT2D eigenvalue weighted by Gasteiger charge is -2.26. The number of hydrogen-bond acceptors (Lipinski definition) is 5. The Labute approximate surface area is 135 Å². The number of nitrogens with zero attached hydrogens (tertiary/aromatic N) is 1. The molecule has 0 aromatic heterocycles. The molecule has 1 N–H and O–H groups in total. The summed E-state index contributed by atoms with van der Waals surface area (Å²) in [7, 11) is 3.10. The van der Waals surface area contributed by atoms with E-state index in [1.54, 1.807) is 37.3 Å². The fourth-order valence-electron chi connectivity index (χ4n) is 2.34. The maximum absolute atomic E-state index is 12.0. The molecule has 0 unspecified atom stereocenters. The van der Waals surface area contributed by atoms with Crippen LogP contribution in [-0.4, -0.2) is 63.8 Å². The number of methoxy groups -OCH3 is 2. The number of nitrogens with one attached hydrogen (secondary N) is 1. The summed E-state index contributed by atoms with van der Waals surface area (Å²) in [6, 6.07) is 5.30. The molecule has 1 aliphatic heterocycles. The highest BCUT2D eigenvalue weighted by molar-refractivity contribution is 5.85. The second-order valence-corrected chi connectivity index (χ2v) is 5.14. The van der Waals surface area contributed by atoms with Crippen LogP contribution in [0.1, 0.15) is 5.56 Å². The number of morpholine rings is 1. The summed E-state index contributed by atoms with van der Waals surface area (Å²) in [5.74, 6) is 0.883. The van der Waals surface area contributed by atoms with Gasteiger partial charge in [0.15, 0.2) is 11.5 Å². The number of carbonyl (C=O) groups is 2. The van der Waals surface area contributed by atoms with Gasteiger partial charge >= 0.3 is 0 Å². The van der Waals surface area contributed by atoms with E-state index in [4.69, 9.17) is 14.2 Å². The van der Waals surface area contributed by atoms with Gasteiger partial charge in [0.05, 0.1) is 40.4 Å². The number of carbonyl (C=O) groups excluding carboxylic acids is 2. The van der Waals surface area contributed by atoms with Gasteiger partial charge in [-0.05, 0) is 17.7 Å². The summed E-state index contributed by atoms with van der Waals surface area (Å²) < 4.78 is 15.6. The maximum Gasteiger partial charge on any atom is 0.242 e. The minimum Gasteiger partial charge on any atom is -0.493 e. The van der Waals surface area contributed by atoms with E-state index in [9.17, 15) is 9.59 Å². The molecule has 23 heavy (non-hydrogen) atoms. The molecule has 1 aromatic rings. The van der Waals surface area contributed by atoms with Crippen LogP contribution >= 0.6 is 0 Å². The lowest BCUT2D eigenvalue weighted by atomic mass is 10.1. The molecule has 1 aliphatic rings. The number of rotatable bonds is 6. The van der Waals surface area contributed by atoms with Gasteiger partial charge in [-0.25, -0.2) is 0 Å². The molecule has 0 saturated carbocycles. The zero-order valence-corrected chi connectivity index (χ0v) is 13.5. The number of hydrogen-bond donors (Lipinski definition) is 1. The van der Waals surface area contributed by atoms with Gasteiger partial charge < -0.3 is 24.4 Å². The lowest BCUT2D eigenvalue weighted by Crippen LogP contribution is -2.45. The second kappa shape index (κ2) is 8.38. The van der Waals surface area contributed by atoms with Crippen LogP contribution in [0.5, 0.6) is 11.5 Å². The molecule has 2 rings (SSSR count). The lowest BCUT2D eigenvalue weighted by molar-refractivity contribution is -0.136. The van der Waals surface area contributed by atoms with Crippen molar-refractivity contribution in [3.8, 4) is 11.5 Å². The first kappa shape index (κ1) is 17.1. The summed E-state index contributed by atoms with van der Waals surface area (Å²) in [6.45, 7) is 2.25. The smallest absolute Gasteiger partial charge is 0.242 e. The standard InChI is InChI=1S/C16H22N2O5/c1-21-13-4-3-12(9-14(13)22-2)10-15(19)17-11-16(20)18-5-7-23-8-6-18/h3-4,9H,5-8,10-11H2,1-2H3,(H,17,19). The Bertz CT molecular complexity index is 555. The Morgan fingerprint density at radius 3 is 2.52 bits per heavy atom. The van der Waals surface area contributed by atoms with E-state index in [1.807, 2.05) is 0 Å². The number of benzene rings is 1. The Kier molecular flexibility index (Phi) is 6.22. The number of ether oxygens (including phenoxy) is 3. The molecule has 0 spiro atoms. The van der Waals surface area contributed by atoms with E-state index in [0.29, 0.717) is 37.8 Å². The molecule has 126 valence electrons. The largest absolute Gasteiger partial charge is 0.493 e. The van der Waals surface area contributed by atoms with E-state index in [1.165, 1.54) is 0 Å². The third kappa shape index (κ3) is 4.85. The topological polar surface area (TPSA) is 77.1 Å². The van der Waals surface area contributed by atoms with Crippen molar-refractivity contribution in [2.45, 2.75) is 6.42 Å². The molecule has 0 atom stereocenters. The Balaban J connectivity index is 1.83. The summed E-state index contributed by atoms with van der Waals surface area (Å²) in [5, 5.41) is 2.65. The van der Waals surface area contributed by atoms with Gasteiger partial charge in [0.2, 0.25) is 11.8 Å². The van der Waals surface area contributed by atoms with Gasteiger partial charge in [-0.3, -0.25) is 9.59 Å². The SMILES string of the molecule is COc1ccc(CC(=O)NCC(=O)N2CCOCC2)cc1OC. The molecular weight excluding hydrogens is 300 g/mol. The fraction of sp³-hybridized carbons (Fsp3) is 0.500. The molecule has 1 heterocycles. The average Bonchev–Trinajstić information content (AvgIpc) is 2.60. The highest BCUT2D eigenvalue weighted by Crippen LogP contribution is 2.27. The van der Waals surface area contributed by atoms with Crippen LogP contribution in [-0.2, 0) is 20.7 Å². The van der Waals surface area contributed by atoms with Crippen molar-refractivity contribution in [3.63, 3.8) is 0 Å². The molecule has 1 saturated heterocycles. The Morgan fingerprint density at radius 1 is 1.17 bits per heavy atom. The minimum atomic E-state index is -0.209. The van der Waals surface area contributed by atoms with Crippen molar-refractivity contribution in [1.29, 1.82) is 0 Å². The summed E-state index contributed by atoms with van der Waals surface area (Å²) in [5.41, 5.74) is 0.791. The molecule has 2 amide bonds. The molecule has 0 radical (unpaired) electrons. The van der Waals surface area contributed by atoms with Crippen LogP contribution < -0.4 is 14.8 Å². The zero-order valence-electron chi connectivity index (χ0n) is 13.5. The van der Waals surface area contributed by atoms with Crippen molar-refractivity contribution >= 4 is 11.8 Å². The molecule has 1 aromatic carbocycles. The van der Waals surface area contributed by atoms with Crippen LogP contribution in [0, 0.1) is 0 Å². The molecular formula is C16H22N2O5. The first-order valence-electron chi connectivity index (χ1n) is 7.47.